The van der Waals surface area contributed by atoms with Gasteiger partial charge in [-0.2, -0.15) is 0 Å². The minimum Gasteiger partial charge on any atom is -0.493 e. The molecule has 0 radical (unpaired) electrons. The van der Waals surface area contributed by atoms with Crippen molar-refractivity contribution in [3.63, 3.8) is 0 Å². The van der Waals surface area contributed by atoms with Gasteiger partial charge in [0.15, 0.2) is 0 Å². The van der Waals surface area contributed by atoms with Crippen molar-refractivity contribution in [2.24, 2.45) is 0 Å². The normalized spacial score (nSPS) is 10.4. The third-order valence-corrected chi connectivity index (χ3v) is 2.41. The maximum Gasteiger partial charge on any atom is 0.127 e. The van der Waals surface area contributed by atoms with E-state index in [9.17, 15) is 4.39 Å². The van der Waals surface area contributed by atoms with Crippen LogP contribution in [0.3, 0.4) is 0 Å². The average molecular weight is 255 g/mol. The van der Waals surface area contributed by atoms with E-state index in [-0.39, 0.29) is 6.61 Å². The fourth-order valence-corrected chi connectivity index (χ4v) is 1.53. The van der Waals surface area contributed by atoms with E-state index in [1.165, 1.54) is 0 Å². The molecule has 0 heterocycles. The minimum atomic E-state index is -0.485. The molecule has 0 aromatic heterocycles. The monoisotopic (exact) mass is 255 g/mol. The van der Waals surface area contributed by atoms with Crippen molar-refractivity contribution in [3.05, 3.63) is 23.8 Å². The van der Waals surface area contributed by atoms with Crippen molar-refractivity contribution in [2.75, 3.05) is 26.4 Å². The number of ether oxygens (including phenoxy) is 2. The highest BCUT2D eigenvalue weighted by Gasteiger charge is 2.06. The van der Waals surface area contributed by atoms with Crippen LogP contribution in [0, 0.1) is 0 Å². The Labute approximate surface area is 108 Å². The van der Waals surface area contributed by atoms with Crippen LogP contribution in [0.4, 0.5) is 4.39 Å². The number of benzene rings is 1. The summed E-state index contributed by atoms with van der Waals surface area (Å²) in [6, 6.07) is 5.71. The van der Waals surface area contributed by atoms with Gasteiger partial charge in [0, 0.05) is 18.2 Å². The predicted molar refractivity (Wildman–Crippen MR) is 71.1 cm³/mol. The minimum absolute atomic E-state index is 0.0797. The van der Waals surface area contributed by atoms with Gasteiger partial charge in [0.05, 0.1) is 6.61 Å². The van der Waals surface area contributed by atoms with E-state index in [0.29, 0.717) is 18.9 Å². The molecule has 1 rings (SSSR count). The van der Waals surface area contributed by atoms with Crippen molar-refractivity contribution in [1.29, 1.82) is 0 Å². The molecule has 18 heavy (non-hydrogen) atoms. The molecule has 1 N–H and O–H groups in total. The van der Waals surface area contributed by atoms with Gasteiger partial charge in [-0.1, -0.05) is 19.9 Å². The molecule has 0 aliphatic rings. The highest BCUT2D eigenvalue weighted by molar-refractivity contribution is 5.40. The van der Waals surface area contributed by atoms with Gasteiger partial charge in [0.1, 0.15) is 24.8 Å². The van der Waals surface area contributed by atoms with Crippen molar-refractivity contribution in [1.82, 2.24) is 5.32 Å². The van der Waals surface area contributed by atoms with Crippen LogP contribution in [0.25, 0.3) is 0 Å². The highest BCUT2D eigenvalue weighted by Crippen LogP contribution is 2.25. The Morgan fingerprint density at radius 3 is 2.67 bits per heavy atom. The van der Waals surface area contributed by atoms with Gasteiger partial charge in [-0.25, -0.2) is 4.39 Å². The van der Waals surface area contributed by atoms with Crippen LogP contribution in [0.5, 0.6) is 11.5 Å². The SMILES string of the molecule is CCCOc1ccc(CNCC)c(OCCF)c1. The topological polar surface area (TPSA) is 30.5 Å². The van der Waals surface area contributed by atoms with Crippen molar-refractivity contribution < 1.29 is 13.9 Å². The number of nitrogens with one attached hydrogen (secondary N) is 1. The van der Waals surface area contributed by atoms with Crippen LogP contribution in [0.1, 0.15) is 25.8 Å². The Hall–Kier alpha value is -1.29. The lowest BCUT2D eigenvalue weighted by Gasteiger charge is -2.13. The van der Waals surface area contributed by atoms with Crippen LogP contribution in [-0.2, 0) is 6.54 Å². The van der Waals surface area contributed by atoms with Crippen LogP contribution < -0.4 is 14.8 Å². The molecule has 0 unspecified atom stereocenters. The first kappa shape index (κ1) is 14.8. The second-order valence-corrected chi connectivity index (χ2v) is 3.94. The van der Waals surface area contributed by atoms with E-state index in [1.54, 1.807) is 0 Å². The van der Waals surface area contributed by atoms with Gasteiger partial charge >= 0.3 is 0 Å². The molecule has 4 heteroatoms. The van der Waals surface area contributed by atoms with Gasteiger partial charge in [-0.15, -0.1) is 0 Å². The number of hydrogen-bond donors (Lipinski definition) is 1. The molecule has 0 amide bonds. The highest BCUT2D eigenvalue weighted by atomic mass is 19.1. The van der Waals surface area contributed by atoms with Crippen LogP contribution in [0.2, 0.25) is 0 Å². The summed E-state index contributed by atoms with van der Waals surface area (Å²) in [6.45, 7) is 5.97. The molecular formula is C14H22FNO2. The van der Waals surface area contributed by atoms with Crippen molar-refractivity contribution in [2.45, 2.75) is 26.8 Å². The molecule has 0 aliphatic carbocycles. The second-order valence-electron chi connectivity index (χ2n) is 3.94. The summed E-state index contributed by atoms with van der Waals surface area (Å²) in [7, 11) is 0. The first-order valence-electron chi connectivity index (χ1n) is 6.47. The summed E-state index contributed by atoms with van der Waals surface area (Å²) in [5.74, 6) is 1.47. The fourth-order valence-electron chi connectivity index (χ4n) is 1.53. The van der Waals surface area contributed by atoms with E-state index in [4.69, 9.17) is 9.47 Å². The van der Waals surface area contributed by atoms with Gasteiger partial charge in [0.25, 0.3) is 0 Å². The lowest BCUT2D eigenvalue weighted by Crippen LogP contribution is -2.13. The quantitative estimate of drug-likeness (QED) is 0.736. The molecule has 0 saturated heterocycles. The van der Waals surface area contributed by atoms with Crippen molar-refractivity contribution in [3.8, 4) is 11.5 Å². The molecule has 0 saturated carbocycles. The molecule has 0 atom stereocenters. The number of rotatable bonds is 9. The Balaban J connectivity index is 2.74. The van der Waals surface area contributed by atoms with E-state index in [2.05, 4.69) is 12.2 Å². The van der Waals surface area contributed by atoms with Crippen LogP contribution in [0.15, 0.2) is 18.2 Å². The third kappa shape index (κ3) is 4.92. The first-order chi connectivity index (χ1) is 8.81. The maximum absolute atomic E-state index is 12.2. The Bertz CT molecular complexity index is 345. The zero-order valence-electron chi connectivity index (χ0n) is 11.2. The third-order valence-electron chi connectivity index (χ3n) is 2.41. The molecular weight excluding hydrogens is 233 g/mol. The van der Waals surface area contributed by atoms with E-state index in [1.807, 2.05) is 25.1 Å². The predicted octanol–water partition coefficient (Wildman–Crippen LogP) is 2.93. The number of halogens is 1. The molecule has 102 valence electrons. The molecule has 0 spiro atoms. The smallest absolute Gasteiger partial charge is 0.127 e. The van der Waals surface area contributed by atoms with Gasteiger partial charge in [0.2, 0.25) is 0 Å². The zero-order chi connectivity index (χ0) is 13.2. The van der Waals surface area contributed by atoms with E-state index >= 15 is 0 Å². The van der Waals surface area contributed by atoms with Gasteiger partial charge in [-0.3, -0.25) is 0 Å². The molecule has 1 aromatic rings. The fraction of sp³-hybridized carbons (Fsp3) is 0.571. The van der Waals surface area contributed by atoms with Crippen LogP contribution >= 0.6 is 0 Å². The van der Waals surface area contributed by atoms with E-state index < -0.39 is 6.67 Å². The Morgan fingerprint density at radius 1 is 1.17 bits per heavy atom. The average Bonchev–Trinajstić information content (AvgIpc) is 2.41. The Kier molecular flexibility index (Phi) is 7.18. The molecule has 0 fully saturated rings. The van der Waals surface area contributed by atoms with Crippen LogP contribution in [-0.4, -0.2) is 26.4 Å². The Morgan fingerprint density at radius 2 is 2.00 bits per heavy atom. The summed E-state index contributed by atoms with van der Waals surface area (Å²) >= 11 is 0. The molecule has 1 aromatic carbocycles. The molecule has 3 nitrogen and oxygen atoms in total. The molecule has 0 bridgehead atoms. The summed E-state index contributed by atoms with van der Waals surface area (Å²) in [5.41, 5.74) is 1.02. The molecule has 0 aliphatic heterocycles. The van der Waals surface area contributed by atoms with Gasteiger partial charge in [-0.05, 0) is 19.0 Å². The summed E-state index contributed by atoms with van der Waals surface area (Å²) in [4.78, 5) is 0. The van der Waals surface area contributed by atoms with E-state index in [0.717, 1.165) is 24.3 Å². The first-order valence-corrected chi connectivity index (χ1v) is 6.47. The lowest BCUT2D eigenvalue weighted by molar-refractivity contribution is 0.267. The largest absolute Gasteiger partial charge is 0.493 e. The van der Waals surface area contributed by atoms with Crippen molar-refractivity contribution >= 4 is 0 Å². The standard InChI is InChI=1S/C14H22FNO2/c1-3-8-17-13-6-5-12(11-16-4-2)14(10-13)18-9-7-15/h5-6,10,16H,3-4,7-9,11H2,1-2H3. The maximum atomic E-state index is 12.2. The lowest BCUT2D eigenvalue weighted by atomic mass is 10.2. The summed E-state index contributed by atoms with van der Waals surface area (Å²) < 4.78 is 23.1. The number of alkyl halides is 1. The second kappa shape index (κ2) is 8.75. The van der Waals surface area contributed by atoms with Gasteiger partial charge < -0.3 is 14.8 Å². The number of hydrogen-bond acceptors (Lipinski definition) is 3. The summed E-state index contributed by atoms with van der Waals surface area (Å²) in [5, 5.41) is 3.23. The summed E-state index contributed by atoms with van der Waals surface area (Å²) in [6.07, 6.45) is 0.958. The zero-order valence-corrected chi connectivity index (χ0v) is 11.2.